The Balaban J connectivity index is 1.71. The van der Waals surface area contributed by atoms with Crippen LogP contribution >= 0.6 is 0 Å². The zero-order valence-corrected chi connectivity index (χ0v) is 15.2. The van der Waals surface area contributed by atoms with Crippen molar-refractivity contribution in [3.8, 4) is 5.75 Å². The summed E-state index contributed by atoms with van der Waals surface area (Å²) in [5, 5.41) is 2.91. The molecule has 136 valence electrons. The van der Waals surface area contributed by atoms with E-state index in [1.807, 2.05) is 62.4 Å². The lowest BCUT2D eigenvalue weighted by Crippen LogP contribution is -2.32. The smallest absolute Gasteiger partial charge is 0.408 e. The molecule has 6 heteroatoms. The maximum Gasteiger partial charge on any atom is 0.408 e. The first-order chi connectivity index (χ1) is 12.6. The van der Waals surface area contributed by atoms with Gasteiger partial charge in [-0.25, -0.2) is 9.78 Å². The Morgan fingerprint density at radius 3 is 2.65 bits per heavy atom. The fourth-order valence-corrected chi connectivity index (χ4v) is 2.73. The van der Waals surface area contributed by atoms with E-state index >= 15 is 0 Å². The van der Waals surface area contributed by atoms with Crippen LogP contribution in [-0.2, 0) is 11.3 Å². The quantitative estimate of drug-likeness (QED) is 0.696. The molecule has 2 aromatic carbocycles. The van der Waals surface area contributed by atoms with Crippen molar-refractivity contribution in [3.05, 3.63) is 59.9 Å². The molecule has 1 aromatic heterocycles. The Kier molecular flexibility index (Phi) is 5.41. The van der Waals surface area contributed by atoms with Crippen molar-refractivity contribution in [2.45, 2.75) is 26.5 Å². The predicted octanol–water partition coefficient (Wildman–Crippen LogP) is 4.20. The number of rotatable bonds is 6. The number of carbonyl (C=O) groups is 1. The minimum Gasteiger partial charge on any atom is -0.497 e. The lowest BCUT2D eigenvalue weighted by molar-refractivity contribution is 0.132. The van der Waals surface area contributed by atoms with Gasteiger partial charge in [0, 0.05) is 6.07 Å². The summed E-state index contributed by atoms with van der Waals surface area (Å²) < 4.78 is 10.6. The molecule has 0 saturated heterocycles. The van der Waals surface area contributed by atoms with Crippen molar-refractivity contribution in [3.63, 3.8) is 0 Å². The summed E-state index contributed by atoms with van der Waals surface area (Å²) in [4.78, 5) is 20.1. The number of imidazole rings is 1. The molecule has 0 unspecified atom stereocenters. The van der Waals surface area contributed by atoms with Crippen LogP contribution in [-0.4, -0.2) is 23.2 Å². The van der Waals surface area contributed by atoms with E-state index in [0.29, 0.717) is 5.82 Å². The average molecular weight is 353 g/mol. The fourth-order valence-electron chi connectivity index (χ4n) is 2.73. The number of alkyl carbamates (subject to hydrolysis) is 1. The lowest BCUT2D eigenvalue weighted by Gasteiger charge is -2.20. The molecule has 0 aliphatic heterocycles. The first-order valence-electron chi connectivity index (χ1n) is 8.57. The number of carbonyl (C=O) groups excluding carboxylic acids is 1. The Bertz CT molecular complexity index is 874. The Morgan fingerprint density at radius 2 is 1.96 bits per heavy atom. The van der Waals surface area contributed by atoms with Crippen LogP contribution in [0, 0.1) is 5.92 Å². The standard InChI is InChI=1S/C20H23N3O3/c1-13(2)18(23-20(24)26-12-14-7-5-4-6-8-14)19-21-16-10-9-15(25-3)11-17(16)22-19/h4-11,13,18H,12H2,1-3H3,(H,21,22)(H,23,24)/t18-/m0/s1. The molecular weight excluding hydrogens is 330 g/mol. The molecule has 1 atom stereocenters. The van der Waals surface area contributed by atoms with Crippen LogP contribution in [0.1, 0.15) is 31.3 Å². The van der Waals surface area contributed by atoms with Crippen LogP contribution in [0.15, 0.2) is 48.5 Å². The molecule has 26 heavy (non-hydrogen) atoms. The molecule has 0 fully saturated rings. The normalized spacial score (nSPS) is 12.2. The summed E-state index contributed by atoms with van der Waals surface area (Å²) in [6.45, 7) is 4.28. The van der Waals surface area contributed by atoms with Gasteiger partial charge in [-0.1, -0.05) is 44.2 Å². The van der Waals surface area contributed by atoms with Gasteiger partial charge in [0.15, 0.2) is 0 Å². The number of nitrogens with zero attached hydrogens (tertiary/aromatic N) is 1. The summed E-state index contributed by atoms with van der Waals surface area (Å²) in [7, 11) is 1.62. The van der Waals surface area contributed by atoms with Gasteiger partial charge in [-0.3, -0.25) is 0 Å². The minimum atomic E-state index is -0.467. The number of aromatic nitrogens is 2. The van der Waals surface area contributed by atoms with Crippen LogP contribution in [0.2, 0.25) is 0 Å². The second kappa shape index (κ2) is 7.91. The SMILES string of the molecule is COc1ccc2nc([C@@H](NC(=O)OCc3ccccc3)C(C)C)[nH]c2c1. The molecule has 3 aromatic rings. The molecule has 0 saturated carbocycles. The number of aromatic amines is 1. The molecule has 1 amide bonds. The maximum atomic E-state index is 12.2. The molecular formula is C20H23N3O3. The maximum absolute atomic E-state index is 12.2. The average Bonchev–Trinajstić information content (AvgIpc) is 3.07. The highest BCUT2D eigenvalue weighted by molar-refractivity contribution is 5.77. The van der Waals surface area contributed by atoms with Gasteiger partial charge < -0.3 is 19.8 Å². The molecule has 0 aliphatic carbocycles. The first-order valence-corrected chi connectivity index (χ1v) is 8.57. The van der Waals surface area contributed by atoms with Crippen LogP contribution < -0.4 is 10.1 Å². The highest BCUT2D eigenvalue weighted by atomic mass is 16.5. The summed E-state index contributed by atoms with van der Waals surface area (Å²) in [5.74, 6) is 1.59. The number of methoxy groups -OCH3 is 1. The van der Waals surface area contributed by atoms with Crippen molar-refractivity contribution in [1.29, 1.82) is 0 Å². The van der Waals surface area contributed by atoms with Gasteiger partial charge in [0.2, 0.25) is 0 Å². The van der Waals surface area contributed by atoms with Crippen LogP contribution in [0.5, 0.6) is 5.75 Å². The molecule has 2 N–H and O–H groups in total. The third-order valence-corrected chi connectivity index (χ3v) is 4.15. The number of benzene rings is 2. The third kappa shape index (κ3) is 4.14. The van der Waals surface area contributed by atoms with E-state index in [4.69, 9.17) is 9.47 Å². The summed E-state index contributed by atoms with van der Waals surface area (Å²) in [6.07, 6.45) is -0.467. The number of H-pyrrole nitrogens is 1. The number of nitrogens with one attached hydrogen (secondary N) is 2. The van der Waals surface area contributed by atoms with E-state index in [2.05, 4.69) is 15.3 Å². The second-order valence-electron chi connectivity index (χ2n) is 6.43. The van der Waals surface area contributed by atoms with Crippen molar-refractivity contribution in [2.24, 2.45) is 5.92 Å². The number of hydrogen-bond acceptors (Lipinski definition) is 4. The predicted molar refractivity (Wildman–Crippen MR) is 100.0 cm³/mol. The zero-order valence-electron chi connectivity index (χ0n) is 15.2. The Labute approximate surface area is 152 Å². The molecule has 3 rings (SSSR count). The van der Waals surface area contributed by atoms with Gasteiger partial charge in [-0.2, -0.15) is 0 Å². The van der Waals surface area contributed by atoms with Crippen LogP contribution in [0.3, 0.4) is 0 Å². The van der Waals surface area contributed by atoms with E-state index in [1.54, 1.807) is 7.11 Å². The second-order valence-corrected chi connectivity index (χ2v) is 6.43. The molecule has 0 aliphatic rings. The molecule has 6 nitrogen and oxygen atoms in total. The molecule has 0 radical (unpaired) electrons. The Hall–Kier alpha value is -3.02. The van der Waals surface area contributed by atoms with Crippen LogP contribution in [0.25, 0.3) is 11.0 Å². The Morgan fingerprint density at radius 1 is 1.19 bits per heavy atom. The van der Waals surface area contributed by atoms with E-state index < -0.39 is 6.09 Å². The van der Waals surface area contributed by atoms with E-state index in [0.717, 1.165) is 22.3 Å². The largest absolute Gasteiger partial charge is 0.497 e. The highest BCUT2D eigenvalue weighted by Gasteiger charge is 2.22. The third-order valence-electron chi connectivity index (χ3n) is 4.15. The van der Waals surface area contributed by atoms with Crippen molar-refractivity contribution < 1.29 is 14.3 Å². The van der Waals surface area contributed by atoms with Gasteiger partial charge in [0.1, 0.15) is 18.2 Å². The number of hydrogen-bond donors (Lipinski definition) is 2. The fraction of sp³-hybridized carbons (Fsp3) is 0.300. The van der Waals surface area contributed by atoms with Gasteiger partial charge >= 0.3 is 6.09 Å². The highest BCUT2D eigenvalue weighted by Crippen LogP contribution is 2.24. The monoisotopic (exact) mass is 353 g/mol. The first kappa shape index (κ1) is 17.8. The van der Waals surface area contributed by atoms with E-state index in [9.17, 15) is 4.79 Å². The summed E-state index contributed by atoms with van der Waals surface area (Å²) >= 11 is 0. The van der Waals surface area contributed by atoms with Gasteiger partial charge in [-0.05, 0) is 23.6 Å². The number of fused-ring (bicyclic) bond motifs is 1. The van der Waals surface area contributed by atoms with E-state index in [1.165, 1.54) is 0 Å². The van der Waals surface area contributed by atoms with Crippen molar-refractivity contribution >= 4 is 17.1 Å². The van der Waals surface area contributed by atoms with Gasteiger partial charge in [0.25, 0.3) is 0 Å². The van der Waals surface area contributed by atoms with Gasteiger partial charge in [-0.15, -0.1) is 0 Å². The molecule has 0 spiro atoms. The van der Waals surface area contributed by atoms with Crippen molar-refractivity contribution in [1.82, 2.24) is 15.3 Å². The number of ether oxygens (including phenoxy) is 2. The number of amides is 1. The van der Waals surface area contributed by atoms with Crippen LogP contribution in [0.4, 0.5) is 4.79 Å². The minimum absolute atomic E-state index is 0.140. The topological polar surface area (TPSA) is 76.2 Å². The lowest BCUT2D eigenvalue weighted by atomic mass is 10.0. The summed E-state index contributed by atoms with van der Waals surface area (Å²) in [6, 6.07) is 14.9. The summed E-state index contributed by atoms with van der Waals surface area (Å²) in [5.41, 5.74) is 2.63. The van der Waals surface area contributed by atoms with E-state index in [-0.39, 0.29) is 18.6 Å². The molecule has 1 heterocycles. The van der Waals surface area contributed by atoms with Crippen molar-refractivity contribution in [2.75, 3.05) is 7.11 Å². The molecule has 0 bridgehead atoms. The van der Waals surface area contributed by atoms with Gasteiger partial charge in [0.05, 0.1) is 24.2 Å². The zero-order chi connectivity index (χ0) is 18.5.